The summed E-state index contributed by atoms with van der Waals surface area (Å²) in [6.45, 7) is 10.1. The van der Waals surface area contributed by atoms with Crippen molar-refractivity contribution in [1.29, 1.82) is 0 Å². The summed E-state index contributed by atoms with van der Waals surface area (Å²) in [5.41, 5.74) is 2.14. The number of aryl methyl sites for hydroxylation is 1. The van der Waals surface area contributed by atoms with E-state index in [1.165, 1.54) is 6.07 Å². The molecule has 4 aromatic rings. The van der Waals surface area contributed by atoms with Crippen molar-refractivity contribution in [2.24, 2.45) is 5.92 Å². The van der Waals surface area contributed by atoms with Crippen LogP contribution in [0.1, 0.15) is 58.0 Å². The number of hydrogen-bond acceptors (Lipinski definition) is 8. The van der Waals surface area contributed by atoms with Gasteiger partial charge in [0.15, 0.2) is 11.5 Å². The Labute approximate surface area is 242 Å². The number of hydrogen-bond donors (Lipinski definition) is 0. The maximum atomic E-state index is 15.3. The summed E-state index contributed by atoms with van der Waals surface area (Å²) in [6, 6.07) is 3.79. The molecular formula is C29H37F3N8O2. The van der Waals surface area contributed by atoms with Crippen LogP contribution < -0.4 is 9.64 Å². The molecule has 1 aromatic carbocycles. The molecule has 0 N–H and O–H groups in total. The molecule has 0 saturated carbocycles. The summed E-state index contributed by atoms with van der Waals surface area (Å²) in [4.78, 5) is 14.5. The molecule has 3 aromatic heterocycles. The fourth-order valence-electron chi connectivity index (χ4n) is 6.64. The minimum Gasteiger partial charge on any atom is -0.435 e. The van der Waals surface area contributed by atoms with Gasteiger partial charge in [-0.3, -0.25) is 4.90 Å². The first kappa shape index (κ1) is 28.7. The van der Waals surface area contributed by atoms with Crippen molar-refractivity contribution < 1.29 is 22.6 Å². The second-order valence-corrected chi connectivity index (χ2v) is 11.8. The quantitative estimate of drug-likeness (QED) is 0.285. The van der Waals surface area contributed by atoms with Crippen molar-refractivity contribution in [2.75, 3.05) is 24.6 Å². The topological polar surface area (TPSA) is 85.8 Å². The first-order valence-corrected chi connectivity index (χ1v) is 14.6. The van der Waals surface area contributed by atoms with Gasteiger partial charge in [0.2, 0.25) is 0 Å². The second kappa shape index (κ2) is 11.3. The van der Waals surface area contributed by atoms with E-state index in [1.54, 1.807) is 12.4 Å². The van der Waals surface area contributed by atoms with E-state index in [0.717, 1.165) is 48.3 Å². The van der Waals surface area contributed by atoms with Gasteiger partial charge >= 0.3 is 6.61 Å². The number of anilines is 1. The minimum atomic E-state index is -3.01. The van der Waals surface area contributed by atoms with Crippen molar-refractivity contribution in [1.82, 2.24) is 34.0 Å². The SMILES string of the molecule is Cc1nc2c(N3C[C@@H](C)N([C@@H](c4ccc(OC(F)F)cc4F)C(C)C)C[C@@H]3C)nc3nncn3c2n1CC1CCCO1. The van der Waals surface area contributed by atoms with Crippen molar-refractivity contribution in [3.63, 3.8) is 0 Å². The minimum absolute atomic E-state index is 0.0108. The van der Waals surface area contributed by atoms with E-state index in [-0.39, 0.29) is 35.9 Å². The lowest BCUT2D eigenvalue weighted by Gasteiger charge is -2.49. The monoisotopic (exact) mass is 586 g/mol. The lowest BCUT2D eigenvalue weighted by molar-refractivity contribution is -0.0500. The smallest absolute Gasteiger partial charge is 0.387 e. The zero-order valence-corrected chi connectivity index (χ0v) is 24.5. The number of aromatic nitrogens is 6. The Balaban J connectivity index is 1.33. The first-order chi connectivity index (χ1) is 20.1. The molecule has 1 unspecified atom stereocenters. The van der Waals surface area contributed by atoms with Gasteiger partial charge < -0.3 is 18.9 Å². The van der Waals surface area contributed by atoms with Gasteiger partial charge in [-0.15, -0.1) is 10.2 Å². The molecule has 0 amide bonds. The summed E-state index contributed by atoms with van der Waals surface area (Å²) in [5.74, 6) is 1.45. The Morgan fingerprint density at radius 3 is 2.62 bits per heavy atom. The zero-order valence-electron chi connectivity index (χ0n) is 24.5. The second-order valence-electron chi connectivity index (χ2n) is 11.8. The van der Waals surface area contributed by atoms with Crippen LogP contribution in [0.4, 0.5) is 19.0 Å². The van der Waals surface area contributed by atoms with Gasteiger partial charge in [0.1, 0.15) is 29.2 Å². The van der Waals surface area contributed by atoms with Gasteiger partial charge in [-0.2, -0.15) is 13.8 Å². The van der Waals surface area contributed by atoms with Crippen LogP contribution in [0, 0.1) is 18.7 Å². The van der Waals surface area contributed by atoms with Crippen LogP contribution in [0.25, 0.3) is 16.9 Å². The highest BCUT2D eigenvalue weighted by molar-refractivity contribution is 5.87. The van der Waals surface area contributed by atoms with E-state index < -0.39 is 12.4 Å². The molecule has 0 bridgehead atoms. The van der Waals surface area contributed by atoms with Gasteiger partial charge in [0.25, 0.3) is 5.78 Å². The van der Waals surface area contributed by atoms with E-state index in [4.69, 9.17) is 14.7 Å². The normalized spacial score (nSPS) is 22.7. The Kier molecular flexibility index (Phi) is 7.73. The summed E-state index contributed by atoms with van der Waals surface area (Å²) < 4.78 is 55.1. The number of ether oxygens (including phenoxy) is 2. The Bertz CT molecular complexity index is 1570. The third-order valence-electron chi connectivity index (χ3n) is 8.53. The lowest BCUT2D eigenvalue weighted by Crippen LogP contribution is -2.58. The van der Waals surface area contributed by atoms with Gasteiger partial charge in [-0.05, 0) is 45.6 Å². The van der Waals surface area contributed by atoms with Crippen LogP contribution >= 0.6 is 0 Å². The summed E-state index contributed by atoms with van der Waals surface area (Å²) >= 11 is 0. The van der Waals surface area contributed by atoms with E-state index in [0.29, 0.717) is 31.0 Å². The van der Waals surface area contributed by atoms with Crippen LogP contribution in [0.2, 0.25) is 0 Å². The average molecular weight is 587 g/mol. The Morgan fingerprint density at radius 2 is 1.93 bits per heavy atom. The molecule has 4 atom stereocenters. The molecule has 42 heavy (non-hydrogen) atoms. The molecule has 2 saturated heterocycles. The highest BCUT2D eigenvalue weighted by Gasteiger charge is 2.38. The van der Waals surface area contributed by atoms with E-state index in [2.05, 4.69) is 43.1 Å². The first-order valence-electron chi connectivity index (χ1n) is 14.6. The maximum Gasteiger partial charge on any atom is 0.387 e. The molecule has 5 heterocycles. The highest BCUT2D eigenvalue weighted by atomic mass is 19.3. The number of alkyl halides is 2. The number of piperazine rings is 1. The number of fused-ring (bicyclic) bond motifs is 3. The third kappa shape index (κ3) is 5.17. The number of nitrogens with zero attached hydrogens (tertiary/aromatic N) is 8. The Morgan fingerprint density at radius 1 is 1.12 bits per heavy atom. The molecule has 2 aliphatic rings. The van der Waals surface area contributed by atoms with Crippen molar-refractivity contribution in [2.45, 2.75) is 84.8 Å². The third-order valence-corrected chi connectivity index (χ3v) is 8.53. The van der Waals surface area contributed by atoms with E-state index in [9.17, 15) is 8.78 Å². The molecular weight excluding hydrogens is 549 g/mol. The standard InChI is InChI=1S/C29H37F3N8O2/c1-16(2)25(22-9-8-20(11-23(22)30)42-28(31)32)37-12-18(4)38(13-17(37)3)26-24-27(40-15-33-36-29(40)35-26)39(19(5)34-24)14-21-7-6-10-41-21/h8-9,11,15-18,21,25,28H,6-7,10,12-14H2,1-5H3/t17-,18+,21?,25-/m1/s1. The van der Waals surface area contributed by atoms with Crippen LogP contribution in [-0.4, -0.2) is 78.5 Å². The predicted molar refractivity (Wildman–Crippen MR) is 151 cm³/mol. The maximum absolute atomic E-state index is 15.3. The number of benzene rings is 1. The average Bonchev–Trinajstić information content (AvgIpc) is 3.67. The van der Waals surface area contributed by atoms with Gasteiger partial charge in [-0.25, -0.2) is 13.8 Å². The predicted octanol–water partition coefficient (Wildman–Crippen LogP) is 5.00. The summed E-state index contributed by atoms with van der Waals surface area (Å²) in [5, 5.41) is 8.42. The largest absolute Gasteiger partial charge is 0.435 e. The number of imidazole rings is 1. The Hall–Kier alpha value is -3.45. The summed E-state index contributed by atoms with van der Waals surface area (Å²) in [7, 11) is 0. The van der Waals surface area contributed by atoms with Crippen LogP contribution in [0.3, 0.4) is 0 Å². The van der Waals surface area contributed by atoms with Crippen molar-refractivity contribution >= 4 is 22.8 Å². The molecule has 10 nitrogen and oxygen atoms in total. The number of rotatable bonds is 8. The molecule has 0 aliphatic carbocycles. The van der Waals surface area contributed by atoms with Crippen molar-refractivity contribution in [3.05, 3.63) is 41.7 Å². The van der Waals surface area contributed by atoms with Gasteiger partial charge in [0.05, 0.1) is 12.6 Å². The van der Waals surface area contributed by atoms with Crippen molar-refractivity contribution in [3.8, 4) is 5.75 Å². The van der Waals surface area contributed by atoms with Crippen LogP contribution in [0.15, 0.2) is 24.5 Å². The van der Waals surface area contributed by atoms with E-state index in [1.807, 2.05) is 25.2 Å². The van der Waals surface area contributed by atoms with E-state index >= 15 is 4.39 Å². The molecule has 6 rings (SSSR count). The number of halogens is 3. The van der Waals surface area contributed by atoms with Gasteiger partial charge in [0, 0.05) is 49.5 Å². The molecule has 13 heteroatoms. The lowest BCUT2D eigenvalue weighted by atomic mass is 9.91. The fourth-order valence-corrected chi connectivity index (χ4v) is 6.64. The molecule has 2 fully saturated rings. The van der Waals surface area contributed by atoms with Gasteiger partial charge in [-0.1, -0.05) is 19.9 Å². The van der Waals surface area contributed by atoms with Crippen LogP contribution in [0.5, 0.6) is 5.75 Å². The molecule has 0 spiro atoms. The fraction of sp³-hybridized carbons (Fsp3) is 0.586. The zero-order chi connectivity index (χ0) is 29.7. The van der Waals surface area contributed by atoms with Crippen LogP contribution in [-0.2, 0) is 11.3 Å². The molecule has 2 aliphatic heterocycles. The molecule has 226 valence electrons. The molecule has 0 radical (unpaired) electrons. The summed E-state index contributed by atoms with van der Waals surface area (Å²) in [6.07, 6.45) is 3.87. The highest BCUT2D eigenvalue weighted by Crippen LogP contribution is 2.38.